The molecule has 2 aromatic heterocycles. The van der Waals surface area contributed by atoms with Crippen molar-refractivity contribution in [3.63, 3.8) is 0 Å². The Labute approximate surface area is 133 Å². The number of fused-ring (bicyclic) bond motifs is 1. The molecule has 0 spiro atoms. The monoisotopic (exact) mass is 311 g/mol. The van der Waals surface area contributed by atoms with Gasteiger partial charge in [-0.15, -0.1) is 5.10 Å². The van der Waals surface area contributed by atoms with E-state index in [9.17, 15) is 4.39 Å². The molecule has 1 aromatic carbocycles. The third-order valence-electron chi connectivity index (χ3n) is 4.31. The third kappa shape index (κ3) is 2.34. The minimum absolute atomic E-state index is 0.109. The molecule has 0 saturated heterocycles. The van der Waals surface area contributed by atoms with Gasteiger partial charge in [-0.1, -0.05) is 44.2 Å². The molecule has 0 radical (unpaired) electrons. The topological polar surface area (TPSA) is 48.5 Å². The summed E-state index contributed by atoms with van der Waals surface area (Å²) in [7, 11) is 0. The molecular weight excluding hydrogens is 293 g/mol. The molecule has 6 heteroatoms. The summed E-state index contributed by atoms with van der Waals surface area (Å²) in [5.41, 5.74) is 2.16. The summed E-state index contributed by atoms with van der Waals surface area (Å²) in [6.07, 6.45) is 3.00. The third-order valence-corrected chi connectivity index (χ3v) is 4.31. The molecule has 0 bridgehead atoms. The molecule has 118 valence electrons. The first kappa shape index (κ1) is 14.1. The Hall–Kier alpha value is -2.50. The van der Waals surface area contributed by atoms with Crippen LogP contribution in [0.15, 0.2) is 42.7 Å². The zero-order chi connectivity index (χ0) is 16.0. The van der Waals surface area contributed by atoms with Gasteiger partial charge in [0.25, 0.3) is 5.95 Å². The lowest BCUT2D eigenvalue weighted by atomic mass is 10.0. The van der Waals surface area contributed by atoms with E-state index in [0.29, 0.717) is 24.1 Å². The summed E-state index contributed by atoms with van der Waals surface area (Å²) in [6, 6.07) is 9.76. The van der Waals surface area contributed by atoms with E-state index >= 15 is 0 Å². The van der Waals surface area contributed by atoms with Crippen LogP contribution in [0.4, 0.5) is 4.39 Å². The van der Waals surface area contributed by atoms with E-state index in [1.165, 1.54) is 0 Å². The smallest absolute Gasteiger partial charge is 0.239 e. The summed E-state index contributed by atoms with van der Waals surface area (Å²) >= 11 is 0. The second-order valence-corrected chi connectivity index (χ2v) is 6.22. The van der Waals surface area contributed by atoms with Crippen molar-refractivity contribution in [3.8, 4) is 5.95 Å². The van der Waals surface area contributed by atoms with Crippen LogP contribution in [0.2, 0.25) is 0 Å². The molecule has 1 unspecified atom stereocenters. The maximum Gasteiger partial charge on any atom is 0.269 e. The molecular formula is C17H18FN5. The maximum absolute atomic E-state index is 14.4. The lowest BCUT2D eigenvalue weighted by Gasteiger charge is -2.11. The van der Waals surface area contributed by atoms with Gasteiger partial charge < -0.3 is 0 Å². The highest BCUT2D eigenvalue weighted by molar-refractivity contribution is 5.25. The van der Waals surface area contributed by atoms with Crippen LogP contribution in [-0.4, -0.2) is 24.5 Å². The average molecular weight is 311 g/mol. The summed E-state index contributed by atoms with van der Waals surface area (Å²) in [5, 5.41) is 8.81. The van der Waals surface area contributed by atoms with Gasteiger partial charge >= 0.3 is 0 Å². The van der Waals surface area contributed by atoms with Crippen LogP contribution in [0, 0.1) is 0 Å². The molecule has 0 N–H and O–H groups in total. The predicted octanol–water partition coefficient (Wildman–Crippen LogP) is 3.59. The van der Waals surface area contributed by atoms with Gasteiger partial charge in [-0.3, -0.25) is 0 Å². The molecule has 1 aliphatic rings. The van der Waals surface area contributed by atoms with Gasteiger partial charge in [0, 0.05) is 12.6 Å². The SMILES string of the molecule is CC(C)c1cnn(-c2nc3n(n2)C(c2ccccc2)C[C@@H]3F)c1. The van der Waals surface area contributed by atoms with Gasteiger partial charge in [0.15, 0.2) is 12.0 Å². The lowest BCUT2D eigenvalue weighted by molar-refractivity contribution is 0.328. The van der Waals surface area contributed by atoms with Crippen molar-refractivity contribution >= 4 is 0 Å². The summed E-state index contributed by atoms with van der Waals surface area (Å²) in [6.45, 7) is 4.20. The van der Waals surface area contributed by atoms with Crippen LogP contribution in [0.5, 0.6) is 0 Å². The first-order chi connectivity index (χ1) is 11.1. The normalized spacial score (nSPS) is 20.2. The molecule has 0 fully saturated rings. The van der Waals surface area contributed by atoms with Crippen LogP contribution >= 0.6 is 0 Å². The highest BCUT2D eigenvalue weighted by atomic mass is 19.1. The van der Waals surface area contributed by atoms with E-state index in [2.05, 4.69) is 29.0 Å². The molecule has 1 aliphatic heterocycles. The fraction of sp³-hybridized carbons (Fsp3) is 0.353. The van der Waals surface area contributed by atoms with Crippen molar-refractivity contribution in [1.82, 2.24) is 24.5 Å². The number of benzene rings is 1. The fourth-order valence-electron chi connectivity index (χ4n) is 2.96. The fourth-order valence-corrected chi connectivity index (χ4v) is 2.96. The van der Waals surface area contributed by atoms with Crippen LogP contribution in [0.1, 0.15) is 55.4 Å². The standard InChI is InChI=1S/C17H18FN5/c1-11(2)13-9-19-22(10-13)17-20-16-14(18)8-15(23(16)21-17)12-6-4-3-5-7-12/h3-7,9-11,14-15H,8H2,1-2H3/t14-,15?/m0/s1. The van der Waals surface area contributed by atoms with Crippen molar-refractivity contribution in [3.05, 3.63) is 59.7 Å². The molecule has 0 saturated carbocycles. The zero-order valence-corrected chi connectivity index (χ0v) is 13.1. The number of rotatable bonds is 3. The average Bonchev–Trinajstić information content (AvgIpc) is 3.24. The van der Waals surface area contributed by atoms with Gasteiger partial charge in [-0.05, 0) is 17.0 Å². The second kappa shape index (κ2) is 5.30. The Morgan fingerprint density at radius 1 is 1.22 bits per heavy atom. The van der Waals surface area contributed by atoms with Gasteiger partial charge in [0.2, 0.25) is 0 Å². The minimum Gasteiger partial charge on any atom is -0.239 e. The highest BCUT2D eigenvalue weighted by Crippen LogP contribution is 2.39. The molecule has 0 aliphatic carbocycles. The van der Waals surface area contributed by atoms with Crippen LogP contribution < -0.4 is 0 Å². The molecule has 5 nitrogen and oxygen atoms in total. The van der Waals surface area contributed by atoms with Crippen molar-refractivity contribution in [1.29, 1.82) is 0 Å². The Bertz CT molecular complexity index is 821. The van der Waals surface area contributed by atoms with E-state index in [4.69, 9.17) is 0 Å². The summed E-state index contributed by atoms with van der Waals surface area (Å²) in [4.78, 5) is 4.37. The van der Waals surface area contributed by atoms with E-state index in [0.717, 1.165) is 11.1 Å². The number of alkyl halides is 1. The largest absolute Gasteiger partial charge is 0.269 e. The second-order valence-electron chi connectivity index (χ2n) is 6.22. The molecule has 23 heavy (non-hydrogen) atoms. The Kier molecular flexibility index (Phi) is 3.25. The van der Waals surface area contributed by atoms with Gasteiger partial charge in [-0.25, -0.2) is 13.8 Å². The first-order valence-corrected chi connectivity index (χ1v) is 7.84. The quantitative estimate of drug-likeness (QED) is 0.742. The van der Waals surface area contributed by atoms with Gasteiger partial charge in [-0.2, -0.15) is 10.1 Å². The van der Waals surface area contributed by atoms with Gasteiger partial charge in [0.05, 0.1) is 12.2 Å². The highest BCUT2D eigenvalue weighted by Gasteiger charge is 2.35. The van der Waals surface area contributed by atoms with Crippen LogP contribution in [0.25, 0.3) is 5.95 Å². The Morgan fingerprint density at radius 2 is 2.00 bits per heavy atom. The van der Waals surface area contributed by atoms with E-state index in [1.54, 1.807) is 15.6 Å². The zero-order valence-electron chi connectivity index (χ0n) is 13.1. The number of nitrogens with zero attached hydrogens (tertiary/aromatic N) is 5. The molecule has 0 amide bonds. The Balaban J connectivity index is 1.72. The maximum atomic E-state index is 14.4. The number of hydrogen-bond donors (Lipinski definition) is 0. The van der Waals surface area contributed by atoms with Gasteiger partial charge in [0.1, 0.15) is 0 Å². The molecule has 3 aromatic rings. The van der Waals surface area contributed by atoms with E-state index in [1.807, 2.05) is 36.5 Å². The Morgan fingerprint density at radius 3 is 2.70 bits per heavy atom. The van der Waals surface area contributed by atoms with Crippen molar-refractivity contribution in [2.45, 2.75) is 38.4 Å². The van der Waals surface area contributed by atoms with E-state index in [-0.39, 0.29) is 6.04 Å². The first-order valence-electron chi connectivity index (χ1n) is 7.84. The minimum atomic E-state index is -1.10. The predicted molar refractivity (Wildman–Crippen MR) is 84.3 cm³/mol. The number of hydrogen-bond acceptors (Lipinski definition) is 3. The molecule has 2 atom stereocenters. The number of halogens is 1. The lowest BCUT2D eigenvalue weighted by Crippen LogP contribution is -2.08. The van der Waals surface area contributed by atoms with E-state index < -0.39 is 6.17 Å². The summed E-state index contributed by atoms with van der Waals surface area (Å²) < 4.78 is 17.7. The molecule has 4 rings (SSSR count). The van der Waals surface area contributed by atoms with Crippen molar-refractivity contribution in [2.75, 3.05) is 0 Å². The van der Waals surface area contributed by atoms with Crippen LogP contribution in [0.3, 0.4) is 0 Å². The molecule has 3 heterocycles. The van der Waals surface area contributed by atoms with Crippen LogP contribution in [-0.2, 0) is 0 Å². The number of aromatic nitrogens is 5. The van der Waals surface area contributed by atoms with Crippen molar-refractivity contribution < 1.29 is 4.39 Å². The van der Waals surface area contributed by atoms with Crippen molar-refractivity contribution in [2.24, 2.45) is 0 Å². The summed E-state index contributed by atoms with van der Waals surface area (Å²) in [5.74, 6) is 1.19.